The van der Waals surface area contributed by atoms with Gasteiger partial charge in [0.05, 0.1) is 13.2 Å². The molecule has 6 nitrogen and oxygen atoms in total. The second kappa shape index (κ2) is 9.57. The second-order valence-electron chi connectivity index (χ2n) is 7.01. The van der Waals surface area contributed by atoms with Crippen LogP contribution in [-0.2, 0) is 22.7 Å². The van der Waals surface area contributed by atoms with Gasteiger partial charge in [0.2, 0.25) is 0 Å². The minimum absolute atomic E-state index is 0.0107. The van der Waals surface area contributed by atoms with Gasteiger partial charge in [-0.3, -0.25) is 4.79 Å². The second-order valence-corrected chi connectivity index (χ2v) is 7.01. The van der Waals surface area contributed by atoms with Crippen LogP contribution in [0.2, 0.25) is 0 Å². The summed E-state index contributed by atoms with van der Waals surface area (Å²) in [5.41, 5.74) is 7.68. The molecule has 3 rings (SSSR count). The molecule has 150 valence electrons. The zero-order valence-corrected chi connectivity index (χ0v) is 16.5. The van der Waals surface area contributed by atoms with Gasteiger partial charge in [-0.25, -0.2) is 0 Å². The van der Waals surface area contributed by atoms with Crippen LogP contribution in [0.3, 0.4) is 0 Å². The largest absolute Gasteiger partial charge is 0.493 e. The Morgan fingerprint density at radius 3 is 2.61 bits per heavy atom. The number of hydrogen-bond acceptors (Lipinski definition) is 5. The normalized spacial score (nSPS) is 18.7. The maximum atomic E-state index is 12.6. The number of nitrogens with zero attached hydrogens (tertiary/aromatic N) is 1. The predicted molar refractivity (Wildman–Crippen MR) is 107 cm³/mol. The molecule has 0 unspecified atom stereocenters. The van der Waals surface area contributed by atoms with E-state index in [0.29, 0.717) is 31.2 Å². The number of benzene rings is 2. The lowest BCUT2D eigenvalue weighted by Crippen LogP contribution is -2.36. The summed E-state index contributed by atoms with van der Waals surface area (Å²) in [5, 5.41) is 0. The minimum Gasteiger partial charge on any atom is -0.493 e. The van der Waals surface area contributed by atoms with E-state index < -0.39 is 6.10 Å². The molecular formula is C22H28N2O4. The van der Waals surface area contributed by atoms with E-state index in [1.54, 1.807) is 19.1 Å². The fraction of sp³-hybridized carbons (Fsp3) is 0.409. The van der Waals surface area contributed by atoms with Crippen molar-refractivity contribution in [3.05, 3.63) is 59.7 Å². The van der Waals surface area contributed by atoms with Crippen LogP contribution in [0.5, 0.6) is 11.5 Å². The van der Waals surface area contributed by atoms with Gasteiger partial charge in [-0.2, -0.15) is 0 Å². The molecule has 6 heteroatoms. The molecule has 0 spiro atoms. The van der Waals surface area contributed by atoms with Gasteiger partial charge in [-0.05, 0) is 36.1 Å². The van der Waals surface area contributed by atoms with Crippen molar-refractivity contribution >= 4 is 5.91 Å². The lowest BCUT2D eigenvalue weighted by molar-refractivity contribution is -0.141. The van der Waals surface area contributed by atoms with Crippen molar-refractivity contribution in [2.24, 2.45) is 5.73 Å². The molecule has 1 heterocycles. The number of likely N-dealkylation sites (N-methyl/N-ethyl adjacent to an activating group) is 1. The number of ether oxygens (including phenoxy) is 3. The fourth-order valence-electron chi connectivity index (χ4n) is 3.32. The zero-order chi connectivity index (χ0) is 19.9. The summed E-state index contributed by atoms with van der Waals surface area (Å²) in [6.07, 6.45) is 1.15. The third kappa shape index (κ3) is 5.03. The molecule has 1 aliphatic rings. The molecular weight excluding hydrogens is 356 g/mol. The van der Waals surface area contributed by atoms with Gasteiger partial charge < -0.3 is 24.8 Å². The van der Waals surface area contributed by atoms with E-state index in [-0.39, 0.29) is 12.0 Å². The maximum Gasteiger partial charge on any atom is 0.251 e. The summed E-state index contributed by atoms with van der Waals surface area (Å²) in [6, 6.07) is 15.7. The minimum atomic E-state index is -0.395. The number of rotatable bonds is 8. The molecule has 1 aliphatic heterocycles. The lowest BCUT2D eigenvalue weighted by atomic mass is 10.1. The third-order valence-corrected chi connectivity index (χ3v) is 4.91. The summed E-state index contributed by atoms with van der Waals surface area (Å²) in [4.78, 5) is 14.3. The number of nitrogens with two attached hydrogens (primary N) is 1. The molecule has 1 fully saturated rings. The molecule has 0 bridgehead atoms. The molecule has 0 saturated carbocycles. The van der Waals surface area contributed by atoms with Crippen LogP contribution in [0.25, 0.3) is 0 Å². The molecule has 1 saturated heterocycles. The first kappa shape index (κ1) is 20.2. The average Bonchev–Trinajstić information content (AvgIpc) is 3.22. The van der Waals surface area contributed by atoms with Gasteiger partial charge in [0.1, 0.15) is 12.7 Å². The van der Waals surface area contributed by atoms with Gasteiger partial charge in [-0.1, -0.05) is 36.4 Å². The van der Waals surface area contributed by atoms with Crippen LogP contribution < -0.4 is 15.2 Å². The first-order valence-electron chi connectivity index (χ1n) is 9.55. The molecule has 2 atom stereocenters. The number of carbonyl (C=O) groups excluding carboxylic acids is 1. The Kier molecular flexibility index (Phi) is 6.90. The lowest BCUT2D eigenvalue weighted by Gasteiger charge is -2.22. The SMILES string of the molecule is COc1cc(CN(C)C(=O)[C@@H]2CC[C@H](CN)O2)ccc1OCc1ccccc1. The summed E-state index contributed by atoms with van der Waals surface area (Å²) in [5.74, 6) is 1.31. The van der Waals surface area contributed by atoms with E-state index in [0.717, 1.165) is 24.0 Å². The van der Waals surface area contributed by atoms with E-state index >= 15 is 0 Å². The molecule has 28 heavy (non-hydrogen) atoms. The van der Waals surface area contributed by atoms with Crippen LogP contribution in [0, 0.1) is 0 Å². The third-order valence-electron chi connectivity index (χ3n) is 4.91. The Morgan fingerprint density at radius 2 is 1.93 bits per heavy atom. The molecule has 2 aromatic rings. The standard InChI is InChI=1S/C22H28N2O4/c1-24(22(25)20-11-9-18(13-23)28-20)14-17-8-10-19(21(12-17)26-2)27-15-16-6-4-3-5-7-16/h3-8,10,12,18,20H,9,11,13-15,23H2,1-2H3/t18-,20+/m1/s1. The van der Waals surface area contributed by atoms with Crippen molar-refractivity contribution in [3.8, 4) is 11.5 Å². The number of carbonyl (C=O) groups is 1. The van der Waals surface area contributed by atoms with Crippen molar-refractivity contribution in [2.75, 3.05) is 20.7 Å². The smallest absolute Gasteiger partial charge is 0.251 e. The highest BCUT2D eigenvalue weighted by Crippen LogP contribution is 2.29. The highest BCUT2D eigenvalue weighted by atomic mass is 16.5. The van der Waals surface area contributed by atoms with Gasteiger partial charge in [-0.15, -0.1) is 0 Å². The predicted octanol–water partition coefficient (Wildman–Crippen LogP) is 2.74. The Balaban J connectivity index is 1.60. The number of amides is 1. The average molecular weight is 384 g/mol. The molecule has 1 amide bonds. The summed E-state index contributed by atoms with van der Waals surface area (Å²) in [7, 11) is 3.40. The van der Waals surface area contributed by atoms with Gasteiger partial charge in [0.15, 0.2) is 11.5 Å². The van der Waals surface area contributed by atoms with Crippen molar-refractivity contribution in [2.45, 2.75) is 38.2 Å². The molecule has 2 N–H and O–H groups in total. The summed E-state index contributed by atoms with van der Waals surface area (Å²) < 4.78 is 17.1. The van der Waals surface area contributed by atoms with E-state index in [1.807, 2.05) is 48.5 Å². The van der Waals surface area contributed by atoms with Crippen LogP contribution in [0.4, 0.5) is 0 Å². The van der Waals surface area contributed by atoms with Gasteiger partial charge in [0.25, 0.3) is 5.91 Å². The van der Waals surface area contributed by atoms with E-state index in [1.165, 1.54) is 0 Å². The maximum absolute atomic E-state index is 12.6. The van der Waals surface area contributed by atoms with E-state index in [9.17, 15) is 4.79 Å². The van der Waals surface area contributed by atoms with Crippen LogP contribution in [0.1, 0.15) is 24.0 Å². The Bertz CT molecular complexity index is 781. The number of methoxy groups -OCH3 is 1. The van der Waals surface area contributed by atoms with E-state index in [4.69, 9.17) is 19.9 Å². The van der Waals surface area contributed by atoms with Crippen LogP contribution >= 0.6 is 0 Å². The quantitative estimate of drug-likeness (QED) is 0.758. The highest BCUT2D eigenvalue weighted by molar-refractivity contribution is 5.81. The van der Waals surface area contributed by atoms with Gasteiger partial charge >= 0.3 is 0 Å². The fourth-order valence-corrected chi connectivity index (χ4v) is 3.32. The first-order chi connectivity index (χ1) is 13.6. The van der Waals surface area contributed by atoms with Crippen LogP contribution in [0.15, 0.2) is 48.5 Å². The highest BCUT2D eigenvalue weighted by Gasteiger charge is 2.31. The summed E-state index contributed by atoms with van der Waals surface area (Å²) >= 11 is 0. The zero-order valence-electron chi connectivity index (χ0n) is 16.5. The van der Waals surface area contributed by atoms with Crippen molar-refractivity contribution in [1.29, 1.82) is 0 Å². The Hall–Kier alpha value is -2.57. The Morgan fingerprint density at radius 1 is 1.14 bits per heavy atom. The topological polar surface area (TPSA) is 74.0 Å². The van der Waals surface area contributed by atoms with Crippen molar-refractivity contribution < 1.29 is 19.0 Å². The molecule has 0 aromatic heterocycles. The Labute approximate surface area is 166 Å². The van der Waals surface area contributed by atoms with E-state index in [2.05, 4.69) is 0 Å². The van der Waals surface area contributed by atoms with Crippen molar-refractivity contribution in [3.63, 3.8) is 0 Å². The number of hydrogen-bond donors (Lipinski definition) is 1. The first-order valence-corrected chi connectivity index (χ1v) is 9.55. The molecule has 0 aliphatic carbocycles. The molecule has 2 aromatic carbocycles. The van der Waals surface area contributed by atoms with Gasteiger partial charge in [0, 0.05) is 20.1 Å². The molecule has 0 radical (unpaired) electrons. The van der Waals surface area contributed by atoms with Crippen LogP contribution in [-0.4, -0.2) is 43.7 Å². The van der Waals surface area contributed by atoms with Crippen molar-refractivity contribution in [1.82, 2.24) is 4.90 Å². The monoisotopic (exact) mass is 384 g/mol. The summed E-state index contributed by atoms with van der Waals surface area (Å²) in [6.45, 7) is 1.40.